The Kier molecular flexibility index (Phi) is 6.55. The van der Waals surface area contributed by atoms with Crippen LogP contribution < -0.4 is 0 Å². The van der Waals surface area contributed by atoms with Gasteiger partial charge in [-0.1, -0.05) is 57.9 Å². The van der Waals surface area contributed by atoms with Crippen LogP contribution >= 0.6 is 15.9 Å². The van der Waals surface area contributed by atoms with Crippen molar-refractivity contribution < 1.29 is 19.4 Å². The van der Waals surface area contributed by atoms with Crippen molar-refractivity contribution in [1.82, 2.24) is 9.80 Å². The van der Waals surface area contributed by atoms with Gasteiger partial charge in [0.25, 0.3) is 11.7 Å². The Bertz CT molecular complexity index is 995. The van der Waals surface area contributed by atoms with Gasteiger partial charge in [-0.3, -0.25) is 14.5 Å². The van der Waals surface area contributed by atoms with Gasteiger partial charge in [0.15, 0.2) is 0 Å². The molecule has 2 heterocycles. The van der Waals surface area contributed by atoms with Crippen LogP contribution in [0.25, 0.3) is 5.76 Å². The van der Waals surface area contributed by atoms with Crippen LogP contribution in [0.15, 0.2) is 58.6 Å². The normalized spacial score (nSPS) is 21.6. The van der Waals surface area contributed by atoms with Gasteiger partial charge in [-0.15, -0.1) is 0 Å². The molecule has 1 atom stereocenters. The number of carbonyl (C=O) groups excluding carboxylic acids is 2. The highest BCUT2D eigenvalue weighted by Crippen LogP contribution is 2.39. The number of rotatable bonds is 5. The minimum atomic E-state index is -0.645. The van der Waals surface area contributed by atoms with E-state index in [0.717, 1.165) is 28.7 Å². The topological polar surface area (TPSA) is 70.1 Å². The summed E-state index contributed by atoms with van der Waals surface area (Å²) >= 11 is 3.38. The number of aryl methyl sites for hydroxylation is 1. The second-order valence-corrected chi connectivity index (χ2v) is 8.78. The Morgan fingerprint density at radius 1 is 1.03 bits per heavy atom. The molecule has 2 aromatic rings. The molecule has 0 spiro atoms. The number of ketones is 1. The first kappa shape index (κ1) is 21.7. The molecule has 2 aliphatic rings. The Hall–Kier alpha value is -2.48. The summed E-state index contributed by atoms with van der Waals surface area (Å²) in [7, 11) is 0. The predicted molar refractivity (Wildman–Crippen MR) is 122 cm³/mol. The second kappa shape index (κ2) is 9.34. The summed E-state index contributed by atoms with van der Waals surface area (Å²) in [5.41, 5.74) is 2.54. The third kappa shape index (κ3) is 4.59. The van der Waals surface area contributed by atoms with Crippen molar-refractivity contribution in [2.24, 2.45) is 0 Å². The maximum atomic E-state index is 13.0. The molecular formula is C24H25BrN2O4. The van der Waals surface area contributed by atoms with Gasteiger partial charge < -0.3 is 14.7 Å². The number of ether oxygens (including phenoxy) is 1. The number of benzene rings is 2. The van der Waals surface area contributed by atoms with Crippen LogP contribution in [-0.2, 0) is 14.3 Å². The highest BCUT2D eigenvalue weighted by Gasteiger charge is 2.46. The van der Waals surface area contributed by atoms with Crippen LogP contribution in [0.1, 0.15) is 22.7 Å². The van der Waals surface area contributed by atoms with Crippen molar-refractivity contribution in [3.8, 4) is 0 Å². The average Bonchev–Trinajstić information content (AvgIpc) is 3.04. The van der Waals surface area contributed by atoms with Crippen molar-refractivity contribution in [3.05, 3.63) is 75.3 Å². The van der Waals surface area contributed by atoms with Gasteiger partial charge in [0.1, 0.15) is 5.76 Å². The predicted octanol–water partition coefficient (Wildman–Crippen LogP) is 3.51. The maximum Gasteiger partial charge on any atom is 0.295 e. The number of hydrogen-bond acceptors (Lipinski definition) is 5. The molecule has 2 aliphatic heterocycles. The molecule has 0 saturated carbocycles. The zero-order valence-electron chi connectivity index (χ0n) is 17.4. The largest absolute Gasteiger partial charge is 0.507 e. The Morgan fingerprint density at radius 3 is 2.32 bits per heavy atom. The van der Waals surface area contributed by atoms with Gasteiger partial charge >= 0.3 is 0 Å². The molecule has 1 N–H and O–H groups in total. The summed E-state index contributed by atoms with van der Waals surface area (Å²) in [5.74, 6) is -1.37. The average molecular weight is 485 g/mol. The minimum Gasteiger partial charge on any atom is -0.507 e. The lowest BCUT2D eigenvalue weighted by Gasteiger charge is -2.31. The van der Waals surface area contributed by atoms with E-state index in [2.05, 4.69) is 20.8 Å². The van der Waals surface area contributed by atoms with Crippen LogP contribution in [-0.4, -0.2) is 66.0 Å². The van der Waals surface area contributed by atoms with E-state index in [0.29, 0.717) is 31.9 Å². The highest BCUT2D eigenvalue weighted by atomic mass is 79.9. The quantitative estimate of drug-likeness (QED) is 0.399. The van der Waals surface area contributed by atoms with Crippen LogP contribution in [0.4, 0.5) is 0 Å². The van der Waals surface area contributed by atoms with Crippen LogP contribution in [0, 0.1) is 6.92 Å². The minimum absolute atomic E-state index is 0.137. The number of nitrogens with zero attached hydrogens (tertiary/aromatic N) is 2. The molecule has 2 fully saturated rings. The molecule has 6 nitrogen and oxygen atoms in total. The van der Waals surface area contributed by atoms with E-state index in [1.807, 2.05) is 31.2 Å². The summed E-state index contributed by atoms with van der Waals surface area (Å²) < 4.78 is 6.26. The summed E-state index contributed by atoms with van der Waals surface area (Å²) in [6.45, 7) is 5.99. The summed E-state index contributed by atoms with van der Waals surface area (Å²) in [6.07, 6.45) is 0. The molecule has 1 unspecified atom stereocenters. The van der Waals surface area contributed by atoms with Gasteiger partial charge in [-0.2, -0.15) is 0 Å². The molecule has 7 heteroatoms. The Balaban J connectivity index is 1.72. The number of likely N-dealkylation sites (tertiary alicyclic amines) is 1. The number of Topliss-reactive ketones (excluding diaryl/α,β-unsaturated/α-hetero) is 1. The highest BCUT2D eigenvalue weighted by molar-refractivity contribution is 9.10. The fourth-order valence-corrected chi connectivity index (χ4v) is 4.31. The van der Waals surface area contributed by atoms with Crippen molar-refractivity contribution in [2.75, 3.05) is 39.4 Å². The molecule has 0 aromatic heterocycles. The van der Waals surface area contributed by atoms with Gasteiger partial charge in [0, 0.05) is 36.2 Å². The van der Waals surface area contributed by atoms with Crippen LogP contribution in [0.5, 0.6) is 0 Å². The maximum absolute atomic E-state index is 13.0. The van der Waals surface area contributed by atoms with E-state index >= 15 is 0 Å². The number of aliphatic hydroxyl groups is 1. The molecule has 4 rings (SSSR count). The molecule has 2 aromatic carbocycles. The first-order valence-electron chi connectivity index (χ1n) is 10.4. The number of morpholine rings is 1. The van der Waals surface area contributed by atoms with E-state index in [9.17, 15) is 14.7 Å². The van der Waals surface area contributed by atoms with E-state index in [-0.39, 0.29) is 11.3 Å². The van der Waals surface area contributed by atoms with Gasteiger partial charge in [0.05, 0.1) is 24.8 Å². The summed E-state index contributed by atoms with van der Waals surface area (Å²) in [5, 5.41) is 11.1. The van der Waals surface area contributed by atoms with Crippen LogP contribution in [0.2, 0.25) is 0 Å². The number of halogens is 1. The molecule has 0 bridgehead atoms. The van der Waals surface area contributed by atoms with E-state index in [1.54, 1.807) is 29.2 Å². The molecular weight excluding hydrogens is 460 g/mol. The first-order valence-corrected chi connectivity index (χ1v) is 11.2. The van der Waals surface area contributed by atoms with E-state index in [1.165, 1.54) is 0 Å². The zero-order chi connectivity index (χ0) is 22.0. The van der Waals surface area contributed by atoms with Gasteiger partial charge in [-0.05, 0) is 24.6 Å². The zero-order valence-corrected chi connectivity index (χ0v) is 19.0. The molecule has 31 heavy (non-hydrogen) atoms. The fraction of sp³-hybridized carbons (Fsp3) is 0.333. The third-order valence-electron chi connectivity index (χ3n) is 5.81. The molecule has 0 aliphatic carbocycles. The van der Waals surface area contributed by atoms with Crippen molar-refractivity contribution >= 4 is 33.4 Å². The standard InChI is InChI=1S/C24H25BrN2O4/c1-16-2-4-17(5-3-16)21-20(22(28)18-6-8-19(25)9-7-18)23(29)24(30)27(21)11-10-26-12-14-31-15-13-26/h2-9,21,28H,10-15H2,1H3. The van der Waals surface area contributed by atoms with Crippen molar-refractivity contribution in [3.63, 3.8) is 0 Å². The van der Waals surface area contributed by atoms with Crippen LogP contribution in [0.3, 0.4) is 0 Å². The van der Waals surface area contributed by atoms with Gasteiger partial charge in [-0.25, -0.2) is 0 Å². The molecule has 1 amide bonds. The van der Waals surface area contributed by atoms with Crippen molar-refractivity contribution in [2.45, 2.75) is 13.0 Å². The fourth-order valence-electron chi connectivity index (χ4n) is 4.04. The summed E-state index contributed by atoms with van der Waals surface area (Å²) in [4.78, 5) is 29.9. The first-order chi connectivity index (χ1) is 15.0. The number of aliphatic hydroxyl groups excluding tert-OH is 1. The number of amides is 1. The Labute approximate surface area is 190 Å². The monoisotopic (exact) mass is 484 g/mol. The lowest BCUT2D eigenvalue weighted by Crippen LogP contribution is -2.42. The van der Waals surface area contributed by atoms with Gasteiger partial charge in [0.2, 0.25) is 0 Å². The molecule has 2 saturated heterocycles. The third-order valence-corrected chi connectivity index (χ3v) is 6.34. The number of hydrogen-bond donors (Lipinski definition) is 1. The SMILES string of the molecule is Cc1ccc(C2C(=C(O)c3ccc(Br)cc3)C(=O)C(=O)N2CCN2CCOCC2)cc1. The number of carbonyl (C=O) groups is 2. The summed E-state index contributed by atoms with van der Waals surface area (Å²) in [6, 6.07) is 14.2. The smallest absolute Gasteiger partial charge is 0.295 e. The van der Waals surface area contributed by atoms with E-state index in [4.69, 9.17) is 4.74 Å². The lowest BCUT2D eigenvalue weighted by atomic mass is 9.95. The van der Waals surface area contributed by atoms with Crippen molar-refractivity contribution in [1.29, 1.82) is 0 Å². The van der Waals surface area contributed by atoms with E-state index < -0.39 is 17.7 Å². The molecule has 0 radical (unpaired) electrons. The second-order valence-electron chi connectivity index (χ2n) is 7.86. The lowest BCUT2D eigenvalue weighted by molar-refractivity contribution is -0.140. The Morgan fingerprint density at radius 2 is 1.68 bits per heavy atom. The molecule has 162 valence electrons.